The molecule has 2 unspecified atom stereocenters. The smallest absolute Gasteiger partial charge is 0.142 e. The van der Waals surface area contributed by atoms with Gasteiger partial charge < -0.3 is 5.11 Å². The topological polar surface area (TPSA) is 71.4 Å². The fraction of sp³-hybridized carbons (Fsp3) is 0.562. The predicted molar refractivity (Wildman–Crippen MR) is 207 cm³/mol. The van der Waals surface area contributed by atoms with E-state index in [0.29, 0.717) is 24.5 Å². The molecule has 0 spiro atoms. The van der Waals surface area contributed by atoms with Crippen LogP contribution < -0.4 is 0 Å². The number of hydrogen-bond donors (Lipinski definition) is 1. The third-order valence-corrected chi connectivity index (χ3v) is 14.7. The lowest BCUT2D eigenvalue weighted by molar-refractivity contribution is -0.141. The Labute approximate surface area is 311 Å². The number of aliphatic hydroxyl groups excluding tert-OH is 1. The van der Waals surface area contributed by atoms with Crippen molar-refractivity contribution >= 4 is 17.3 Å². The number of Topliss-reactive ketones (excluding diaryl/α,β-unsaturated/α-hetero) is 3. The summed E-state index contributed by atoms with van der Waals surface area (Å²) in [7, 11) is 0. The van der Waals surface area contributed by atoms with Crippen LogP contribution in [0.25, 0.3) is 11.1 Å². The van der Waals surface area contributed by atoms with Crippen molar-refractivity contribution in [2.24, 2.45) is 40.9 Å². The molecule has 0 bridgehead atoms. The van der Waals surface area contributed by atoms with Gasteiger partial charge in [0.25, 0.3) is 0 Å². The van der Waals surface area contributed by atoms with Crippen molar-refractivity contribution in [2.75, 3.05) is 0 Å². The number of ketones is 3. The second-order valence-electron chi connectivity index (χ2n) is 17.8. The van der Waals surface area contributed by atoms with Crippen LogP contribution in [-0.2, 0) is 27.2 Å². The van der Waals surface area contributed by atoms with Crippen LogP contribution in [0.5, 0.6) is 0 Å². The van der Waals surface area contributed by atoms with E-state index in [9.17, 15) is 19.5 Å². The molecule has 5 aliphatic rings. The lowest BCUT2D eigenvalue weighted by Crippen LogP contribution is -2.42. The molecule has 0 saturated heterocycles. The van der Waals surface area contributed by atoms with Gasteiger partial charge >= 0.3 is 0 Å². The van der Waals surface area contributed by atoms with Gasteiger partial charge in [-0.3, -0.25) is 14.4 Å². The van der Waals surface area contributed by atoms with Crippen LogP contribution in [0.1, 0.15) is 131 Å². The lowest BCUT2D eigenvalue weighted by Gasteiger charge is -2.40. The normalized spacial score (nSPS) is 28.3. The van der Waals surface area contributed by atoms with Crippen molar-refractivity contribution in [1.29, 1.82) is 0 Å². The first-order chi connectivity index (χ1) is 25.3. The van der Waals surface area contributed by atoms with Gasteiger partial charge in [0.15, 0.2) is 0 Å². The number of carbonyl (C=O) groups is 3. The number of aliphatic hydroxyl groups is 1. The van der Waals surface area contributed by atoms with Gasteiger partial charge in [-0.05, 0) is 115 Å². The zero-order valence-corrected chi connectivity index (χ0v) is 31.2. The molecule has 5 aliphatic carbocycles. The van der Waals surface area contributed by atoms with E-state index >= 15 is 0 Å². The van der Waals surface area contributed by atoms with Crippen LogP contribution in [0.3, 0.4) is 0 Å². The van der Waals surface area contributed by atoms with E-state index in [1.807, 2.05) is 25.1 Å². The first-order valence-corrected chi connectivity index (χ1v) is 20.8. The molecule has 0 heterocycles. The number of fused-ring (bicyclic) bond motifs is 4. The lowest BCUT2D eigenvalue weighted by atomic mass is 9.63. The fourth-order valence-corrected chi connectivity index (χ4v) is 11.8. The number of rotatable bonds is 10. The molecule has 3 atom stereocenters. The molecule has 0 amide bonds. The van der Waals surface area contributed by atoms with Crippen LogP contribution in [0, 0.1) is 40.9 Å². The van der Waals surface area contributed by atoms with Crippen molar-refractivity contribution < 1.29 is 19.5 Å². The zero-order valence-electron chi connectivity index (χ0n) is 31.2. The van der Waals surface area contributed by atoms with Gasteiger partial charge in [0.05, 0.1) is 6.10 Å². The molecule has 3 fully saturated rings. The summed E-state index contributed by atoms with van der Waals surface area (Å²) in [5.41, 5.74) is 6.09. The van der Waals surface area contributed by atoms with Crippen LogP contribution in [0.4, 0.5) is 0 Å². The molecular formula is C48H58O4. The van der Waals surface area contributed by atoms with Crippen molar-refractivity contribution in [3.63, 3.8) is 0 Å². The Kier molecular flexibility index (Phi) is 10.4. The standard InChI is InChI=1S/C48H58O4/c1-48(47(52)35-25-19-32(20-26-35)31-11-3-2-4-12-31,30-45(51)46-40-17-9-7-15-38(40)39-16-8-10-18-41(39)46)29-44(50)34-23-21-33(22-24-34)42-27-36-13-5-6-14-37(36)28-43(42)49/h5-10,13-18,31-35,42,45-46,51H,2-4,11-12,19-30H2,1H3/t32?,33?,34?,35?,42?,45?,48-/m1/s1. The molecule has 3 aromatic rings. The maximum Gasteiger partial charge on any atom is 0.142 e. The Morgan fingerprint density at radius 1 is 0.673 bits per heavy atom. The Hall–Kier alpha value is -3.37. The van der Waals surface area contributed by atoms with E-state index in [2.05, 4.69) is 54.6 Å². The van der Waals surface area contributed by atoms with Crippen molar-refractivity contribution in [2.45, 2.75) is 128 Å². The summed E-state index contributed by atoms with van der Waals surface area (Å²) in [6.07, 6.45) is 15.2. The largest absolute Gasteiger partial charge is 0.392 e. The van der Waals surface area contributed by atoms with Gasteiger partial charge in [0.1, 0.15) is 17.3 Å². The van der Waals surface area contributed by atoms with Gasteiger partial charge in [-0.2, -0.15) is 0 Å². The van der Waals surface area contributed by atoms with E-state index in [4.69, 9.17) is 0 Å². The summed E-state index contributed by atoms with van der Waals surface area (Å²) in [6, 6.07) is 25.0. The third kappa shape index (κ3) is 7.02. The quantitative estimate of drug-likeness (QED) is 0.229. The van der Waals surface area contributed by atoms with Crippen LogP contribution >= 0.6 is 0 Å². The van der Waals surface area contributed by atoms with Crippen LogP contribution in [0.15, 0.2) is 72.8 Å². The highest BCUT2D eigenvalue weighted by atomic mass is 16.3. The minimum absolute atomic E-state index is 0.0380. The highest BCUT2D eigenvalue weighted by Crippen LogP contribution is 2.50. The monoisotopic (exact) mass is 698 g/mol. The summed E-state index contributed by atoms with van der Waals surface area (Å²) in [4.78, 5) is 42.5. The molecule has 0 aliphatic heterocycles. The second kappa shape index (κ2) is 15.2. The highest BCUT2D eigenvalue weighted by molar-refractivity contribution is 5.93. The fourth-order valence-electron chi connectivity index (χ4n) is 11.8. The minimum Gasteiger partial charge on any atom is -0.392 e. The van der Waals surface area contributed by atoms with Crippen molar-refractivity contribution in [3.05, 3.63) is 95.1 Å². The molecule has 274 valence electrons. The summed E-state index contributed by atoms with van der Waals surface area (Å²) in [5, 5.41) is 12.2. The SMILES string of the molecule is C[C@@](CC(=O)C1CCC(C2Cc3ccccc3CC2=O)CC1)(CC(O)C1c2ccccc2-c2ccccc21)C(=O)C1CCC(C2CCCCC2)CC1. The maximum atomic E-state index is 14.9. The molecular weight excluding hydrogens is 641 g/mol. The first kappa shape index (κ1) is 35.6. The Bertz CT molecular complexity index is 1720. The summed E-state index contributed by atoms with van der Waals surface area (Å²) in [5.74, 6) is 2.33. The highest BCUT2D eigenvalue weighted by Gasteiger charge is 2.46. The van der Waals surface area contributed by atoms with Gasteiger partial charge in [-0.1, -0.05) is 112 Å². The van der Waals surface area contributed by atoms with Crippen molar-refractivity contribution in [1.82, 2.24) is 0 Å². The predicted octanol–water partition coefficient (Wildman–Crippen LogP) is 10.3. The van der Waals surface area contributed by atoms with Gasteiger partial charge in [-0.25, -0.2) is 0 Å². The van der Waals surface area contributed by atoms with Crippen LogP contribution in [0.2, 0.25) is 0 Å². The Morgan fingerprint density at radius 3 is 1.87 bits per heavy atom. The molecule has 3 aromatic carbocycles. The second-order valence-corrected chi connectivity index (χ2v) is 17.8. The summed E-state index contributed by atoms with van der Waals surface area (Å²) in [6.45, 7) is 2.01. The summed E-state index contributed by atoms with van der Waals surface area (Å²) < 4.78 is 0. The third-order valence-electron chi connectivity index (χ3n) is 14.7. The molecule has 4 heteroatoms. The maximum absolute atomic E-state index is 14.9. The van der Waals surface area contributed by atoms with Crippen LogP contribution in [-0.4, -0.2) is 28.6 Å². The molecule has 4 nitrogen and oxygen atoms in total. The van der Waals surface area contributed by atoms with E-state index in [-0.39, 0.29) is 41.7 Å². The van der Waals surface area contributed by atoms with E-state index in [1.165, 1.54) is 43.2 Å². The Balaban J connectivity index is 0.984. The average molecular weight is 699 g/mol. The van der Waals surface area contributed by atoms with E-state index in [1.54, 1.807) is 0 Å². The molecule has 8 rings (SSSR count). The minimum atomic E-state index is -0.925. The first-order valence-electron chi connectivity index (χ1n) is 20.8. The molecule has 3 saturated carbocycles. The average Bonchev–Trinajstić information content (AvgIpc) is 3.52. The number of benzene rings is 3. The van der Waals surface area contributed by atoms with Gasteiger partial charge in [-0.15, -0.1) is 0 Å². The number of carbonyl (C=O) groups excluding carboxylic acids is 3. The van der Waals surface area contributed by atoms with E-state index < -0.39 is 11.5 Å². The zero-order chi connectivity index (χ0) is 35.8. The Morgan fingerprint density at radius 2 is 1.21 bits per heavy atom. The van der Waals surface area contributed by atoms with Crippen molar-refractivity contribution in [3.8, 4) is 11.1 Å². The summed E-state index contributed by atoms with van der Waals surface area (Å²) >= 11 is 0. The van der Waals surface area contributed by atoms with Gasteiger partial charge in [0.2, 0.25) is 0 Å². The van der Waals surface area contributed by atoms with Gasteiger partial charge in [0, 0.05) is 41.9 Å². The molecule has 0 radical (unpaired) electrons. The molecule has 52 heavy (non-hydrogen) atoms. The molecule has 1 N–H and O–H groups in total. The number of hydrogen-bond acceptors (Lipinski definition) is 4. The molecule has 0 aromatic heterocycles. The van der Waals surface area contributed by atoms with E-state index in [0.717, 1.165) is 91.9 Å².